The van der Waals surface area contributed by atoms with E-state index in [4.69, 9.17) is 14.2 Å². The molecule has 68 heavy (non-hydrogen) atoms. The molecule has 0 rings (SSSR count). The van der Waals surface area contributed by atoms with Gasteiger partial charge in [-0.2, -0.15) is 0 Å². The molecule has 2 unspecified atom stereocenters. The molecule has 0 aliphatic carbocycles. The van der Waals surface area contributed by atoms with Crippen LogP contribution in [-0.4, -0.2) is 75.5 Å². The Morgan fingerprint density at radius 1 is 0.456 bits per heavy atom. The molecule has 0 saturated heterocycles. The minimum Gasteiger partial charge on any atom is -0.544 e. The quantitative estimate of drug-likeness (QED) is 0.0259. The molecule has 8 heteroatoms. The van der Waals surface area contributed by atoms with Crippen LogP contribution in [0.15, 0.2) is 72.9 Å². The third-order valence-corrected chi connectivity index (χ3v) is 12.3. The molecule has 392 valence electrons. The summed E-state index contributed by atoms with van der Waals surface area (Å²) in [5.41, 5.74) is 0. The Morgan fingerprint density at radius 3 is 1.24 bits per heavy atom. The maximum Gasteiger partial charge on any atom is 0.306 e. The van der Waals surface area contributed by atoms with E-state index in [0.29, 0.717) is 12.8 Å². The molecule has 0 radical (unpaired) electrons. The van der Waals surface area contributed by atoms with Crippen LogP contribution >= 0.6 is 0 Å². The van der Waals surface area contributed by atoms with Crippen molar-refractivity contribution in [2.24, 2.45) is 0 Å². The number of ether oxygens (including phenoxy) is 3. The van der Waals surface area contributed by atoms with E-state index in [-0.39, 0.29) is 42.7 Å². The molecule has 0 aromatic rings. The van der Waals surface area contributed by atoms with Crippen LogP contribution in [-0.2, 0) is 28.6 Å². The van der Waals surface area contributed by atoms with Gasteiger partial charge in [-0.1, -0.05) is 209 Å². The van der Waals surface area contributed by atoms with Crippen molar-refractivity contribution in [1.29, 1.82) is 0 Å². The van der Waals surface area contributed by atoms with Crippen molar-refractivity contribution in [3.63, 3.8) is 0 Å². The molecule has 0 aromatic carbocycles. The van der Waals surface area contributed by atoms with E-state index >= 15 is 0 Å². The molecule has 0 fully saturated rings. The molecular formula is C60H105NO7. The molecule has 0 bridgehead atoms. The molecule has 0 aromatic heterocycles. The number of unbranched alkanes of at least 4 members (excludes halogenated alkanes) is 24. The number of rotatable bonds is 50. The van der Waals surface area contributed by atoms with Gasteiger partial charge < -0.3 is 28.6 Å². The minimum absolute atomic E-state index is 0.0332. The van der Waals surface area contributed by atoms with E-state index in [9.17, 15) is 19.5 Å². The predicted octanol–water partition coefficient (Wildman–Crippen LogP) is 15.3. The highest BCUT2D eigenvalue weighted by Crippen LogP contribution is 2.15. The van der Waals surface area contributed by atoms with Gasteiger partial charge in [0.1, 0.15) is 12.6 Å². The number of hydrogen-bond donors (Lipinski definition) is 0. The van der Waals surface area contributed by atoms with Gasteiger partial charge in [0.15, 0.2) is 6.10 Å². The summed E-state index contributed by atoms with van der Waals surface area (Å²) in [5.74, 6) is -1.75. The zero-order chi connectivity index (χ0) is 49.9. The monoisotopic (exact) mass is 952 g/mol. The third-order valence-electron chi connectivity index (χ3n) is 12.3. The lowest BCUT2D eigenvalue weighted by Gasteiger charge is -2.34. The first kappa shape index (κ1) is 64.8. The van der Waals surface area contributed by atoms with E-state index in [2.05, 4.69) is 86.8 Å². The van der Waals surface area contributed by atoms with Crippen LogP contribution in [0.25, 0.3) is 0 Å². The zero-order valence-electron chi connectivity index (χ0n) is 44.8. The number of carbonyl (C=O) groups excluding carboxylic acids is 3. The Kier molecular flexibility index (Phi) is 47.8. The lowest BCUT2D eigenvalue weighted by molar-refractivity contribution is -0.889. The Balaban J connectivity index is 4.23. The molecule has 0 aliphatic rings. The van der Waals surface area contributed by atoms with Gasteiger partial charge in [-0.25, -0.2) is 0 Å². The highest BCUT2D eigenvalue weighted by atomic mass is 16.6. The maximum atomic E-state index is 12.8. The number of hydrogen-bond acceptors (Lipinski definition) is 7. The Bertz CT molecular complexity index is 1340. The molecule has 0 saturated carbocycles. The topological polar surface area (TPSA) is 102 Å². The summed E-state index contributed by atoms with van der Waals surface area (Å²) >= 11 is 0. The third kappa shape index (κ3) is 47.8. The number of likely N-dealkylation sites (N-methyl/N-ethyl adjacent to an activating group) is 1. The van der Waals surface area contributed by atoms with Gasteiger partial charge in [0.25, 0.3) is 0 Å². The lowest BCUT2D eigenvalue weighted by Crippen LogP contribution is -2.55. The summed E-state index contributed by atoms with van der Waals surface area (Å²) in [6, 6.07) is -0.732. The molecule has 0 heterocycles. The van der Waals surface area contributed by atoms with Gasteiger partial charge in [-0.15, -0.1) is 0 Å². The number of nitrogens with zero attached hydrogens (tertiary/aromatic N) is 1. The van der Waals surface area contributed by atoms with Crippen LogP contribution < -0.4 is 5.11 Å². The summed E-state index contributed by atoms with van der Waals surface area (Å²) < 4.78 is 17.3. The second kappa shape index (κ2) is 50.2. The fraction of sp³-hybridized carbons (Fsp3) is 0.750. The van der Waals surface area contributed by atoms with Gasteiger partial charge in [-0.05, 0) is 83.5 Å². The second-order valence-electron chi connectivity index (χ2n) is 19.8. The maximum absolute atomic E-state index is 12.8. The van der Waals surface area contributed by atoms with Crippen molar-refractivity contribution in [1.82, 2.24) is 0 Å². The number of carboxylic acids is 1. The largest absolute Gasteiger partial charge is 0.544 e. The number of carboxylic acid groups (broad SMARTS) is 1. The first-order chi connectivity index (χ1) is 33.1. The first-order valence-corrected chi connectivity index (χ1v) is 28.0. The lowest BCUT2D eigenvalue weighted by atomic mass is 10.1. The summed E-state index contributed by atoms with van der Waals surface area (Å²) in [5, 5.41) is 11.7. The van der Waals surface area contributed by atoms with E-state index < -0.39 is 18.1 Å². The molecule has 0 spiro atoms. The highest BCUT2D eigenvalue weighted by Gasteiger charge is 2.25. The van der Waals surface area contributed by atoms with E-state index in [1.165, 1.54) is 128 Å². The Labute approximate surface area is 419 Å². The summed E-state index contributed by atoms with van der Waals surface area (Å²) in [7, 11) is 5.41. The molecule has 2 atom stereocenters. The van der Waals surface area contributed by atoms with Gasteiger partial charge in [0.05, 0.1) is 40.3 Å². The van der Waals surface area contributed by atoms with E-state index in [1.54, 1.807) is 21.1 Å². The first-order valence-electron chi connectivity index (χ1n) is 28.0. The number of quaternary nitrogens is 1. The van der Waals surface area contributed by atoms with Crippen LogP contribution in [0, 0.1) is 0 Å². The zero-order valence-corrected chi connectivity index (χ0v) is 44.8. The van der Waals surface area contributed by atoms with Gasteiger partial charge in [0.2, 0.25) is 0 Å². The van der Waals surface area contributed by atoms with E-state index in [0.717, 1.165) is 77.0 Å². The average molecular weight is 952 g/mol. The van der Waals surface area contributed by atoms with Crippen molar-refractivity contribution in [2.45, 2.75) is 251 Å². The van der Waals surface area contributed by atoms with Crippen molar-refractivity contribution < 1.29 is 38.2 Å². The number of carbonyl (C=O) groups is 3. The second-order valence-corrected chi connectivity index (χ2v) is 19.8. The van der Waals surface area contributed by atoms with E-state index in [1.807, 2.05) is 0 Å². The fourth-order valence-electron chi connectivity index (χ4n) is 8.03. The summed E-state index contributed by atoms with van der Waals surface area (Å²) in [6.45, 7) is 4.56. The van der Waals surface area contributed by atoms with Gasteiger partial charge in [-0.3, -0.25) is 9.59 Å². The Hall–Kier alpha value is -3.23. The van der Waals surface area contributed by atoms with Crippen molar-refractivity contribution in [3.05, 3.63) is 72.9 Å². The normalized spacial score (nSPS) is 13.4. The van der Waals surface area contributed by atoms with Crippen molar-refractivity contribution in [3.8, 4) is 0 Å². The standard InChI is InChI=1S/C60H105NO7/c1-6-8-10-12-14-16-18-20-22-24-26-28-29-31-32-34-36-38-40-42-44-46-48-50-58(62)67-55-56(54-66-53-52-57(60(64)65)61(3,4)5)68-59(63)51-49-47-45-43-41-39-37-35-33-30-27-25-23-21-19-17-15-13-11-9-7-2/h8,10,14,16,20,22,26,28,30-33,56-57H,6-7,9,11-13,15,17-19,21,23-25,27,29,34-55H2,1-5H3/b10-8+,16-14+,22-20+,28-26+,32-31+,33-30+. The van der Waals surface area contributed by atoms with Crippen molar-refractivity contribution in [2.75, 3.05) is 41.0 Å². The number of aliphatic carboxylic acids is 1. The van der Waals surface area contributed by atoms with Gasteiger partial charge in [0, 0.05) is 19.3 Å². The molecule has 0 aliphatic heterocycles. The highest BCUT2D eigenvalue weighted by molar-refractivity contribution is 5.70. The van der Waals surface area contributed by atoms with Crippen LogP contribution in [0.5, 0.6) is 0 Å². The van der Waals surface area contributed by atoms with Crippen LogP contribution in [0.1, 0.15) is 239 Å². The number of allylic oxidation sites excluding steroid dienone is 12. The summed E-state index contributed by atoms with van der Waals surface area (Å²) in [4.78, 5) is 37.1. The predicted molar refractivity (Wildman–Crippen MR) is 286 cm³/mol. The molecule has 0 amide bonds. The van der Waals surface area contributed by atoms with Crippen LogP contribution in [0.3, 0.4) is 0 Å². The summed E-state index contributed by atoms with van der Waals surface area (Å²) in [6.07, 6.45) is 65.1. The fourth-order valence-corrected chi connectivity index (χ4v) is 8.03. The molecular weight excluding hydrogens is 847 g/mol. The van der Waals surface area contributed by atoms with Gasteiger partial charge >= 0.3 is 11.9 Å². The molecule has 0 N–H and O–H groups in total. The van der Waals surface area contributed by atoms with Crippen molar-refractivity contribution >= 4 is 17.9 Å². The Morgan fingerprint density at radius 2 is 0.824 bits per heavy atom. The van der Waals surface area contributed by atoms with Crippen LogP contribution in [0.2, 0.25) is 0 Å². The molecule has 8 nitrogen and oxygen atoms in total. The van der Waals surface area contributed by atoms with Crippen LogP contribution in [0.4, 0.5) is 0 Å². The SMILES string of the molecule is CC/C=C/C/C=C/C/C=C/C/C=C/C/C=C/CCCCCCCCCC(=O)OCC(COCCC(C(=O)[O-])[N+](C)(C)C)OC(=O)CCCCCCCCC/C=C/CCCCCCCCCCCC. The average Bonchev–Trinajstić information content (AvgIpc) is 3.30. The minimum atomic E-state index is -1.13. The smallest absolute Gasteiger partial charge is 0.306 e. The number of esters is 2.